The number of hydrogen-bond acceptors (Lipinski definition) is 4. The third-order valence-corrected chi connectivity index (χ3v) is 3.00. The van der Waals surface area contributed by atoms with Crippen molar-refractivity contribution in [2.24, 2.45) is 0 Å². The molecule has 1 heterocycles. The van der Waals surface area contributed by atoms with Crippen LogP contribution in [0, 0.1) is 19.3 Å². The van der Waals surface area contributed by atoms with E-state index in [0.717, 1.165) is 30.0 Å². The van der Waals surface area contributed by atoms with Gasteiger partial charge >= 0.3 is 0 Å². The summed E-state index contributed by atoms with van der Waals surface area (Å²) < 4.78 is 5.82. The number of rotatable bonds is 4. The Balaban J connectivity index is 2.39. The highest BCUT2D eigenvalue weighted by molar-refractivity contribution is 5.49. The lowest BCUT2D eigenvalue weighted by molar-refractivity contribution is 0.162. The summed E-state index contributed by atoms with van der Waals surface area (Å²) in [5.74, 6) is 5.35. The van der Waals surface area contributed by atoms with Gasteiger partial charge in [0.15, 0.2) is 5.60 Å². The molecule has 0 aliphatic heterocycles. The molecule has 18 heavy (non-hydrogen) atoms. The smallest absolute Gasteiger partial charge is 0.223 e. The van der Waals surface area contributed by atoms with Crippen LogP contribution in [0.25, 0.3) is 0 Å². The van der Waals surface area contributed by atoms with Gasteiger partial charge in [0.25, 0.3) is 0 Å². The maximum absolute atomic E-state index is 5.82. The van der Waals surface area contributed by atoms with Crippen LogP contribution < -0.4 is 10.1 Å². The van der Waals surface area contributed by atoms with Crippen molar-refractivity contribution in [1.82, 2.24) is 9.97 Å². The molecule has 0 aromatic carbocycles. The summed E-state index contributed by atoms with van der Waals surface area (Å²) >= 11 is 0. The summed E-state index contributed by atoms with van der Waals surface area (Å²) in [6.07, 6.45) is 7.76. The third kappa shape index (κ3) is 2.56. The largest absolute Gasteiger partial charge is 0.458 e. The van der Waals surface area contributed by atoms with Gasteiger partial charge < -0.3 is 10.1 Å². The van der Waals surface area contributed by atoms with Gasteiger partial charge in [-0.15, -0.1) is 6.42 Å². The van der Waals surface area contributed by atoms with E-state index in [-0.39, 0.29) is 0 Å². The van der Waals surface area contributed by atoms with Gasteiger partial charge in [0.1, 0.15) is 11.6 Å². The second-order valence-electron chi connectivity index (χ2n) is 5.14. The van der Waals surface area contributed by atoms with E-state index >= 15 is 0 Å². The third-order valence-electron chi connectivity index (χ3n) is 3.00. The molecular weight excluding hydrogens is 226 g/mol. The van der Waals surface area contributed by atoms with Crippen LogP contribution in [0.15, 0.2) is 0 Å². The van der Waals surface area contributed by atoms with Gasteiger partial charge in [-0.2, -0.15) is 4.98 Å². The molecule has 1 aliphatic rings. The Labute approximate surface area is 108 Å². The van der Waals surface area contributed by atoms with Crippen molar-refractivity contribution in [2.75, 3.05) is 12.4 Å². The summed E-state index contributed by atoms with van der Waals surface area (Å²) in [7, 11) is 1.85. The molecule has 4 heteroatoms. The molecule has 0 spiro atoms. The number of terminal acetylenes is 1. The van der Waals surface area contributed by atoms with E-state index in [2.05, 4.69) is 21.2 Å². The molecule has 1 aromatic heterocycles. The van der Waals surface area contributed by atoms with Crippen LogP contribution in [-0.4, -0.2) is 22.6 Å². The molecule has 96 valence electrons. The predicted molar refractivity (Wildman–Crippen MR) is 71.8 cm³/mol. The van der Waals surface area contributed by atoms with Gasteiger partial charge in [-0.1, -0.05) is 5.92 Å². The first-order chi connectivity index (χ1) is 8.46. The summed E-state index contributed by atoms with van der Waals surface area (Å²) in [6, 6.07) is 0. The lowest BCUT2D eigenvalue weighted by Crippen LogP contribution is -2.27. The zero-order valence-electron chi connectivity index (χ0n) is 11.4. The first-order valence-electron chi connectivity index (χ1n) is 6.20. The summed E-state index contributed by atoms with van der Waals surface area (Å²) in [6.45, 7) is 5.64. The van der Waals surface area contributed by atoms with Crippen LogP contribution >= 0.6 is 0 Å². The Hall–Kier alpha value is -1.76. The SMILES string of the molecule is C#CC(C)(C)Oc1nc(C2CC2)nc(NC)c1C. The molecule has 0 unspecified atom stereocenters. The first kappa shape index (κ1) is 12.7. The minimum atomic E-state index is -0.662. The monoisotopic (exact) mass is 245 g/mol. The van der Waals surface area contributed by atoms with Gasteiger partial charge in [-0.25, -0.2) is 4.98 Å². The number of aromatic nitrogens is 2. The standard InChI is InChI=1S/C14H19N3O/c1-6-14(3,4)18-13-9(2)11(15-5)16-12(17-13)10-7-8-10/h1,10H,7-8H2,2-5H3,(H,15,16,17). The Morgan fingerprint density at radius 2 is 2.06 bits per heavy atom. The molecule has 2 rings (SSSR count). The lowest BCUT2D eigenvalue weighted by Gasteiger charge is -2.21. The minimum Gasteiger partial charge on any atom is -0.458 e. The van der Waals surface area contributed by atoms with Gasteiger partial charge in [-0.3, -0.25) is 0 Å². The highest BCUT2D eigenvalue weighted by atomic mass is 16.5. The number of nitrogens with zero attached hydrogens (tertiary/aromatic N) is 2. The molecule has 1 aliphatic carbocycles. The molecule has 0 atom stereocenters. The van der Waals surface area contributed by atoms with Crippen LogP contribution in [-0.2, 0) is 0 Å². The average molecular weight is 245 g/mol. The zero-order chi connectivity index (χ0) is 13.3. The summed E-state index contributed by atoms with van der Waals surface area (Å²) in [4.78, 5) is 9.02. The Kier molecular flexibility index (Phi) is 3.16. The average Bonchev–Trinajstić information content (AvgIpc) is 3.15. The zero-order valence-corrected chi connectivity index (χ0v) is 11.4. The molecule has 1 saturated carbocycles. The molecule has 1 fully saturated rings. The van der Waals surface area contributed by atoms with Crippen LogP contribution in [0.2, 0.25) is 0 Å². The van der Waals surface area contributed by atoms with Crippen molar-refractivity contribution < 1.29 is 4.74 Å². The molecule has 4 nitrogen and oxygen atoms in total. The normalized spacial score (nSPS) is 15.1. The van der Waals surface area contributed by atoms with E-state index in [1.54, 1.807) is 0 Å². The predicted octanol–water partition coefficient (Wildman–Crippen LogP) is 2.49. The van der Waals surface area contributed by atoms with Gasteiger partial charge in [-0.05, 0) is 33.6 Å². The second-order valence-corrected chi connectivity index (χ2v) is 5.14. The quantitative estimate of drug-likeness (QED) is 0.828. The number of nitrogens with one attached hydrogen (secondary N) is 1. The summed E-state index contributed by atoms with van der Waals surface area (Å²) in [5.41, 5.74) is 0.232. The van der Waals surface area contributed by atoms with Crippen molar-refractivity contribution in [1.29, 1.82) is 0 Å². The van der Waals surface area contributed by atoms with E-state index in [0.29, 0.717) is 11.8 Å². The fourth-order valence-electron chi connectivity index (χ4n) is 1.65. The molecule has 0 bridgehead atoms. The van der Waals surface area contributed by atoms with Crippen LogP contribution in [0.3, 0.4) is 0 Å². The Bertz CT molecular complexity index is 498. The molecule has 0 amide bonds. The molecule has 0 saturated heterocycles. The van der Waals surface area contributed by atoms with Crippen LogP contribution in [0.5, 0.6) is 5.88 Å². The van der Waals surface area contributed by atoms with Crippen LogP contribution in [0.4, 0.5) is 5.82 Å². The number of ether oxygens (including phenoxy) is 1. The van der Waals surface area contributed by atoms with Crippen molar-refractivity contribution >= 4 is 5.82 Å². The van der Waals surface area contributed by atoms with E-state index in [1.807, 2.05) is 27.8 Å². The highest BCUT2D eigenvalue weighted by Gasteiger charge is 2.29. The molecule has 0 radical (unpaired) electrons. The first-order valence-corrected chi connectivity index (χ1v) is 6.20. The van der Waals surface area contributed by atoms with Gasteiger partial charge in [0.2, 0.25) is 5.88 Å². The van der Waals surface area contributed by atoms with E-state index < -0.39 is 5.60 Å². The molecule has 1 aromatic rings. The molecular formula is C14H19N3O. The van der Waals surface area contributed by atoms with Crippen molar-refractivity contribution in [3.8, 4) is 18.2 Å². The van der Waals surface area contributed by atoms with Gasteiger partial charge in [0, 0.05) is 13.0 Å². The number of hydrogen-bond donors (Lipinski definition) is 1. The van der Waals surface area contributed by atoms with E-state index in [9.17, 15) is 0 Å². The molecule has 1 N–H and O–H groups in total. The van der Waals surface area contributed by atoms with Crippen molar-refractivity contribution in [3.63, 3.8) is 0 Å². The fourth-order valence-corrected chi connectivity index (χ4v) is 1.65. The van der Waals surface area contributed by atoms with Gasteiger partial charge in [0.05, 0.1) is 5.56 Å². The second kappa shape index (κ2) is 4.49. The fraction of sp³-hybridized carbons (Fsp3) is 0.571. The Morgan fingerprint density at radius 3 is 2.56 bits per heavy atom. The van der Waals surface area contributed by atoms with Crippen molar-refractivity contribution in [3.05, 3.63) is 11.4 Å². The summed E-state index contributed by atoms with van der Waals surface area (Å²) in [5, 5.41) is 3.08. The number of anilines is 1. The topological polar surface area (TPSA) is 47.0 Å². The Morgan fingerprint density at radius 1 is 1.39 bits per heavy atom. The maximum Gasteiger partial charge on any atom is 0.223 e. The minimum absolute atomic E-state index is 0.481. The maximum atomic E-state index is 5.82. The van der Waals surface area contributed by atoms with Crippen molar-refractivity contribution in [2.45, 2.75) is 45.1 Å². The lowest BCUT2D eigenvalue weighted by atomic mass is 10.1. The van der Waals surface area contributed by atoms with Crippen LogP contribution in [0.1, 0.15) is 44.0 Å². The van der Waals surface area contributed by atoms with E-state index in [4.69, 9.17) is 11.2 Å². The highest BCUT2D eigenvalue weighted by Crippen LogP contribution is 2.40. The van der Waals surface area contributed by atoms with E-state index in [1.165, 1.54) is 0 Å².